The van der Waals surface area contributed by atoms with Crippen LogP contribution < -0.4 is 16.0 Å². The number of piperidine rings is 2. The predicted octanol–water partition coefficient (Wildman–Crippen LogP) is 1.90. The molecule has 0 aromatic heterocycles. The summed E-state index contributed by atoms with van der Waals surface area (Å²) in [6.45, 7) is 4.56. The fourth-order valence-corrected chi connectivity index (χ4v) is 4.77. The van der Waals surface area contributed by atoms with Gasteiger partial charge < -0.3 is 25.6 Å². The Morgan fingerprint density at radius 2 is 1.86 bits per heavy atom. The minimum absolute atomic E-state index is 0. The Kier molecular flexibility index (Phi) is 9.31. The maximum atomic E-state index is 12.8. The van der Waals surface area contributed by atoms with Gasteiger partial charge >= 0.3 is 6.03 Å². The van der Waals surface area contributed by atoms with Gasteiger partial charge in [-0.2, -0.15) is 0 Å². The lowest BCUT2D eigenvalue weighted by Gasteiger charge is -2.38. The van der Waals surface area contributed by atoms with Crippen LogP contribution in [0.5, 0.6) is 0 Å². The molecular weight excluding hydrogens is 380 g/mol. The number of urea groups is 1. The summed E-state index contributed by atoms with van der Waals surface area (Å²) in [6, 6.07) is 0.328. The summed E-state index contributed by atoms with van der Waals surface area (Å²) in [5.41, 5.74) is 0.0316. The van der Waals surface area contributed by atoms with Crippen LogP contribution in [0.15, 0.2) is 0 Å². The van der Waals surface area contributed by atoms with E-state index < -0.39 is 0 Å². The molecule has 1 atom stereocenters. The van der Waals surface area contributed by atoms with E-state index in [4.69, 9.17) is 4.74 Å². The summed E-state index contributed by atoms with van der Waals surface area (Å²) in [4.78, 5) is 27.1. The maximum Gasteiger partial charge on any atom is 0.317 e. The third-order valence-corrected chi connectivity index (χ3v) is 6.51. The van der Waals surface area contributed by atoms with Crippen molar-refractivity contribution < 1.29 is 14.3 Å². The van der Waals surface area contributed by atoms with E-state index in [1.165, 1.54) is 12.8 Å². The van der Waals surface area contributed by atoms with Crippen molar-refractivity contribution in [3.05, 3.63) is 0 Å². The Balaban J connectivity index is 0.00000280. The molecule has 3 aliphatic rings. The third-order valence-electron chi connectivity index (χ3n) is 6.51. The van der Waals surface area contributed by atoms with E-state index in [9.17, 15) is 9.59 Å². The van der Waals surface area contributed by atoms with E-state index >= 15 is 0 Å². The van der Waals surface area contributed by atoms with E-state index in [2.05, 4.69) is 16.0 Å². The average molecular weight is 417 g/mol. The number of carbonyl (C=O) groups is 2. The zero-order chi connectivity index (χ0) is 19.1. The van der Waals surface area contributed by atoms with Gasteiger partial charge in [0.2, 0.25) is 5.91 Å². The van der Waals surface area contributed by atoms with Crippen LogP contribution in [0.3, 0.4) is 0 Å². The Hall–Kier alpha value is -1.05. The molecule has 2 heterocycles. The number of nitrogens with one attached hydrogen (secondary N) is 3. The molecule has 0 radical (unpaired) electrons. The molecule has 0 aromatic rings. The monoisotopic (exact) mass is 416 g/mol. The van der Waals surface area contributed by atoms with Gasteiger partial charge in [0, 0.05) is 38.2 Å². The van der Waals surface area contributed by atoms with Gasteiger partial charge in [-0.15, -0.1) is 12.4 Å². The van der Waals surface area contributed by atoms with Crippen LogP contribution in [0.1, 0.15) is 51.4 Å². The average Bonchev–Trinajstić information content (AvgIpc) is 3.20. The van der Waals surface area contributed by atoms with Crippen molar-refractivity contribution in [3.8, 4) is 0 Å². The molecule has 7 nitrogen and oxygen atoms in total. The van der Waals surface area contributed by atoms with Crippen molar-refractivity contribution in [3.63, 3.8) is 0 Å². The van der Waals surface area contributed by atoms with Crippen LogP contribution in [0.25, 0.3) is 0 Å². The SMILES string of the molecule is COCC1(CNC(=O)C2CCCN(C(=O)NC3CCCC3)C2)CCNCC1.Cl. The molecule has 3 amide bonds. The number of halogens is 1. The smallest absolute Gasteiger partial charge is 0.317 e. The zero-order valence-corrected chi connectivity index (χ0v) is 18.0. The quantitative estimate of drug-likeness (QED) is 0.617. The van der Waals surface area contributed by atoms with Gasteiger partial charge in [-0.05, 0) is 51.6 Å². The highest BCUT2D eigenvalue weighted by molar-refractivity contribution is 5.85. The Labute approximate surface area is 175 Å². The van der Waals surface area contributed by atoms with Crippen LogP contribution in [-0.2, 0) is 9.53 Å². The summed E-state index contributed by atoms with van der Waals surface area (Å²) < 4.78 is 5.43. The van der Waals surface area contributed by atoms with E-state index in [0.717, 1.165) is 58.2 Å². The van der Waals surface area contributed by atoms with Gasteiger partial charge in [0.1, 0.15) is 0 Å². The summed E-state index contributed by atoms with van der Waals surface area (Å²) in [6.07, 6.45) is 8.36. The molecule has 0 bridgehead atoms. The largest absolute Gasteiger partial charge is 0.384 e. The number of ether oxygens (including phenoxy) is 1. The second kappa shape index (κ2) is 11.2. The van der Waals surface area contributed by atoms with Crippen LogP contribution in [0.4, 0.5) is 4.79 Å². The van der Waals surface area contributed by atoms with Crippen molar-refractivity contribution in [2.24, 2.45) is 11.3 Å². The second-order valence-electron chi connectivity index (χ2n) is 8.62. The number of amides is 3. The van der Waals surface area contributed by atoms with Gasteiger partial charge in [-0.1, -0.05) is 12.8 Å². The van der Waals surface area contributed by atoms with E-state index in [-0.39, 0.29) is 35.7 Å². The second-order valence-corrected chi connectivity index (χ2v) is 8.62. The maximum absolute atomic E-state index is 12.8. The van der Waals surface area contributed by atoms with Gasteiger partial charge in [-0.3, -0.25) is 4.79 Å². The van der Waals surface area contributed by atoms with Crippen LogP contribution in [0, 0.1) is 11.3 Å². The normalized spacial score (nSPS) is 25.0. The molecule has 0 spiro atoms. The summed E-state index contributed by atoms with van der Waals surface area (Å²) in [5, 5.41) is 9.70. The lowest BCUT2D eigenvalue weighted by atomic mass is 9.79. The molecule has 2 aliphatic heterocycles. The molecule has 162 valence electrons. The minimum atomic E-state index is -0.102. The molecule has 28 heavy (non-hydrogen) atoms. The molecule has 1 aliphatic carbocycles. The standard InChI is InChI=1S/C20H36N4O3.ClH/c1-27-15-20(8-10-21-11-9-20)14-22-18(25)16-5-4-12-24(13-16)19(26)23-17-6-2-3-7-17;/h16-17,21H,2-15H2,1H3,(H,22,25)(H,23,26);1H. The van der Waals surface area contributed by atoms with E-state index in [1.807, 2.05) is 4.90 Å². The van der Waals surface area contributed by atoms with Crippen molar-refractivity contribution in [1.82, 2.24) is 20.9 Å². The number of hydrogen-bond acceptors (Lipinski definition) is 4. The number of rotatable bonds is 6. The molecule has 1 unspecified atom stereocenters. The molecule has 8 heteroatoms. The van der Waals surface area contributed by atoms with E-state index in [1.54, 1.807) is 7.11 Å². The molecule has 3 fully saturated rings. The summed E-state index contributed by atoms with van der Waals surface area (Å²) in [5.74, 6) is -0.0169. The van der Waals surface area contributed by atoms with Crippen molar-refractivity contribution >= 4 is 24.3 Å². The zero-order valence-electron chi connectivity index (χ0n) is 17.1. The molecule has 0 aromatic carbocycles. The first-order chi connectivity index (χ1) is 13.1. The number of nitrogens with zero attached hydrogens (tertiary/aromatic N) is 1. The first-order valence-electron chi connectivity index (χ1n) is 10.6. The van der Waals surface area contributed by atoms with Gasteiger partial charge in [0.25, 0.3) is 0 Å². The third kappa shape index (κ3) is 6.22. The number of likely N-dealkylation sites (tertiary alicyclic amines) is 1. The van der Waals surface area contributed by atoms with E-state index in [0.29, 0.717) is 25.7 Å². The lowest BCUT2D eigenvalue weighted by Crippen LogP contribution is -2.52. The molecule has 3 N–H and O–H groups in total. The topological polar surface area (TPSA) is 82.7 Å². The van der Waals surface area contributed by atoms with Crippen molar-refractivity contribution in [1.29, 1.82) is 0 Å². The van der Waals surface area contributed by atoms with Gasteiger partial charge in [-0.25, -0.2) is 4.79 Å². The summed E-state index contributed by atoms with van der Waals surface area (Å²) >= 11 is 0. The fourth-order valence-electron chi connectivity index (χ4n) is 4.77. The number of methoxy groups -OCH3 is 1. The minimum Gasteiger partial charge on any atom is -0.384 e. The first-order valence-corrected chi connectivity index (χ1v) is 10.6. The van der Waals surface area contributed by atoms with Gasteiger partial charge in [0.15, 0.2) is 0 Å². The lowest BCUT2D eigenvalue weighted by molar-refractivity contribution is -0.127. The van der Waals surface area contributed by atoms with Crippen LogP contribution in [0.2, 0.25) is 0 Å². The molecule has 3 rings (SSSR count). The summed E-state index contributed by atoms with van der Waals surface area (Å²) in [7, 11) is 1.73. The van der Waals surface area contributed by atoms with Crippen molar-refractivity contribution in [2.45, 2.75) is 57.4 Å². The predicted molar refractivity (Wildman–Crippen MR) is 112 cm³/mol. The Morgan fingerprint density at radius 1 is 1.14 bits per heavy atom. The number of hydrogen-bond donors (Lipinski definition) is 3. The molecule has 1 saturated carbocycles. The van der Waals surface area contributed by atoms with Crippen LogP contribution in [-0.4, -0.2) is 69.3 Å². The highest BCUT2D eigenvalue weighted by Crippen LogP contribution is 2.28. The van der Waals surface area contributed by atoms with Crippen molar-refractivity contribution in [2.75, 3.05) is 46.4 Å². The highest BCUT2D eigenvalue weighted by atomic mass is 35.5. The Bertz CT molecular complexity index is 502. The fraction of sp³-hybridized carbons (Fsp3) is 0.900. The van der Waals surface area contributed by atoms with Crippen LogP contribution >= 0.6 is 12.4 Å². The van der Waals surface area contributed by atoms with Gasteiger partial charge in [0.05, 0.1) is 12.5 Å². The Morgan fingerprint density at radius 3 is 2.54 bits per heavy atom. The highest BCUT2D eigenvalue weighted by Gasteiger charge is 2.34. The molecular formula is C20H37ClN4O3. The first kappa shape index (κ1) is 23.2. The number of carbonyl (C=O) groups excluding carboxylic acids is 2. The molecule has 2 saturated heterocycles.